The molecule has 1 N–H and O–H groups in total. The van der Waals surface area contributed by atoms with Gasteiger partial charge in [-0.1, -0.05) is 30.9 Å². The topological polar surface area (TPSA) is 20.2 Å². The second-order valence-electron chi connectivity index (χ2n) is 2.63. The molecule has 0 atom stereocenters. The molecule has 1 nitrogen and oxygen atoms in total. The Morgan fingerprint density at radius 1 is 1.33 bits per heavy atom. The standard InChI is InChI=1S/C11H12O/c1-3-4-9(2)10-5-7-11(12)8-6-10/h3-8,12H,1H2,2H3. The van der Waals surface area contributed by atoms with E-state index in [0.717, 1.165) is 11.1 Å². The van der Waals surface area contributed by atoms with Gasteiger partial charge >= 0.3 is 0 Å². The van der Waals surface area contributed by atoms with Gasteiger partial charge in [0.15, 0.2) is 0 Å². The molecule has 0 bridgehead atoms. The summed E-state index contributed by atoms with van der Waals surface area (Å²) in [5, 5.41) is 9.03. The van der Waals surface area contributed by atoms with Crippen molar-refractivity contribution in [1.29, 1.82) is 0 Å². The molecule has 12 heavy (non-hydrogen) atoms. The summed E-state index contributed by atoms with van der Waals surface area (Å²) in [4.78, 5) is 0. The first-order valence-electron chi connectivity index (χ1n) is 3.83. The van der Waals surface area contributed by atoms with Crippen LogP contribution >= 0.6 is 0 Å². The predicted octanol–water partition coefficient (Wildman–Crippen LogP) is 2.98. The van der Waals surface area contributed by atoms with Crippen LogP contribution in [0.5, 0.6) is 5.75 Å². The van der Waals surface area contributed by atoms with Gasteiger partial charge in [0.05, 0.1) is 0 Å². The number of hydrogen-bond donors (Lipinski definition) is 1. The molecule has 0 saturated heterocycles. The molecule has 0 radical (unpaired) electrons. The molecule has 0 spiro atoms. The zero-order valence-electron chi connectivity index (χ0n) is 7.12. The summed E-state index contributed by atoms with van der Waals surface area (Å²) in [7, 11) is 0. The molecule has 1 rings (SSSR count). The number of phenols is 1. The maximum atomic E-state index is 9.03. The lowest BCUT2D eigenvalue weighted by molar-refractivity contribution is 0.475. The Kier molecular flexibility index (Phi) is 2.70. The molecule has 0 aliphatic rings. The minimum atomic E-state index is 0.296. The van der Waals surface area contributed by atoms with Crippen molar-refractivity contribution in [2.45, 2.75) is 6.92 Å². The quantitative estimate of drug-likeness (QED) is 0.659. The highest BCUT2D eigenvalue weighted by atomic mass is 16.3. The van der Waals surface area contributed by atoms with Crippen LogP contribution in [0.1, 0.15) is 12.5 Å². The van der Waals surface area contributed by atoms with E-state index in [1.807, 2.05) is 25.1 Å². The van der Waals surface area contributed by atoms with E-state index in [1.165, 1.54) is 0 Å². The molecule has 0 saturated carbocycles. The molecule has 0 heterocycles. The number of benzene rings is 1. The first-order valence-corrected chi connectivity index (χ1v) is 3.83. The molecule has 0 aliphatic heterocycles. The lowest BCUT2D eigenvalue weighted by Gasteiger charge is -1.99. The second kappa shape index (κ2) is 3.77. The van der Waals surface area contributed by atoms with Crippen LogP contribution in [0, 0.1) is 0 Å². The molecule has 0 aliphatic carbocycles. The zero-order valence-corrected chi connectivity index (χ0v) is 7.12. The van der Waals surface area contributed by atoms with Gasteiger partial charge in [-0.15, -0.1) is 0 Å². The average molecular weight is 160 g/mol. The van der Waals surface area contributed by atoms with E-state index < -0.39 is 0 Å². The van der Waals surface area contributed by atoms with Gasteiger partial charge in [0, 0.05) is 0 Å². The van der Waals surface area contributed by atoms with Crippen molar-refractivity contribution in [2.24, 2.45) is 0 Å². The van der Waals surface area contributed by atoms with Crippen molar-refractivity contribution < 1.29 is 5.11 Å². The lowest BCUT2D eigenvalue weighted by Crippen LogP contribution is -1.76. The molecule has 0 amide bonds. The lowest BCUT2D eigenvalue weighted by atomic mass is 10.1. The van der Waals surface area contributed by atoms with Crippen LogP contribution in [0.2, 0.25) is 0 Å². The molecule has 1 heteroatoms. The molecule has 0 fully saturated rings. The van der Waals surface area contributed by atoms with E-state index in [2.05, 4.69) is 6.58 Å². The fourth-order valence-corrected chi connectivity index (χ4v) is 0.997. The summed E-state index contributed by atoms with van der Waals surface area (Å²) in [6.45, 7) is 5.63. The average Bonchev–Trinajstić information content (AvgIpc) is 2.06. The third-order valence-corrected chi connectivity index (χ3v) is 1.69. The minimum absolute atomic E-state index is 0.296. The smallest absolute Gasteiger partial charge is 0.115 e. The van der Waals surface area contributed by atoms with Crippen LogP contribution in [0.3, 0.4) is 0 Å². The van der Waals surface area contributed by atoms with E-state index >= 15 is 0 Å². The highest BCUT2D eigenvalue weighted by molar-refractivity contribution is 5.65. The third kappa shape index (κ3) is 1.99. The van der Waals surface area contributed by atoms with Gasteiger partial charge in [-0.3, -0.25) is 0 Å². The number of hydrogen-bond acceptors (Lipinski definition) is 1. The number of rotatable bonds is 2. The first kappa shape index (κ1) is 8.60. The van der Waals surface area contributed by atoms with Gasteiger partial charge in [-0.25, -0.2) is 0 Å². The van der Waals surface area contributed by atoms with Crippen molar-refractivity contribution in [1.82, 2.24) is 0 Å². The van der Waals surface area contributed by atoms with Crippen LogP contribution in [0.25, 0.3) is 5.57 Å². The fraction of sp³-hybridized carbons (Fsp3) is 0.0909. The number of aromatic hydroxyl groups is 1. The van der Waals surface area contributed by atoms with Crippen molar-refractivity contribution in [3.63, 3.8) is 0 Å². The molecular weight excluding hydrogens is 148 g/mol. The SMILES string of the molecule is C=CC=C(C)c1ccc(O)cc1. The van der Waals surface area contributed by atoms with Crippen molar-refractivity contribution in [3.8, 4) is 5.75 Å². The molecule has 1 aromatic rings. The predicted molar refractivity (Wildman–Crippen MR) is 52.0 cm³/mol. The molecule has 0 unspecified atom stereocenters. The van der Waals surface area contributed by atoms with Gasteiger partial charge < -0.3 is 5.11 Å². The minimum Gasteiger partial charge on any atom is -0.508 e. The van der Waals surface area contributed by atoms with Crippen LogP contribution in [0.4, 0.5) is 0 Å². The Bertz CT molecular complexity index is 293. The summed E-state index contributed by atoms with van der Waals surface area (Å²) in [6, 6.07) is 7.11. The molecule has 0 aromatic heterocycles. The van der Waals surface area contributed by atoms with Crippen molar-refractivity contribution in [3.05, 3.63) is 48.6 Å². The summed E-state index contributed by atoms with van der Waals surface area (Å²) in [5.74, 6) is 0.296. The Hall–Kier alpha value is -1.50. The van der Waals surface area contributed by atoms with Crippen LogP contribution < -0.4 is 0 Å². The van der Waals surface area contributed by atoms with Gasteiger partial charge in [-0.2, -0.15) is 0 Å². The summed E-state index contributed by atoms with van der Waals surface area (Å²) < 4.78 is 0. The zero-order chi connectivity index (χ0) is 8.97. The van der Waals surface area contributed by atoms with Gasteiger partial charge in [0.25, 0.3) is 0 Å². The molecule has 62 valence electrons. The van der Waals surface area contributed by atoms with E-state index in [1.54, 1.807) is 18.2 Å². The first-order chi connectivity index (χ1) is 5.74. The normalized spacial score (nSPS) is 11.2. The maximum absolute atomic E-state index is 9.03. The van der Waals surface area contributed by atoms with Crippen LogP contribution in [0.15, 0.2) is 43.0 Å². The number of allylic oxidation sites excluding steroid dienone is 3. The van der Waals surface area contributed by atoms with Crippen LogP contribution in [-0.2, 0) is 0 Å². The van der Waals surface area contributed by atoms with Gasteiger partial charge in [0.2, 0.25) is 0 Å². The fourth-order valence-electron chi connectivity index (χ4n) is 0.997. The van der Waals surface area contributed by atoms with E-state index in [4.69, 9.17) is 5.11 Å². The van der Waals surface area contributed by atoms with Gasteiger partial charge in [-0.05, 0) is 30.2 Å². The summed E-state index contributed by atoms with van der Waals surface area (Å²) in [6.07, 6.45) is 3.69. The third-order valence-electron chi connectivity index (χ3n) is 1.69. The van der Waals surface area contributed by atoms with E-state index in [0.29, 0.717) is 5.75 Å². The Morgan fingerprint density at radius 2 is 1.92 bits per heavy atom. The Labute approximate surface area is 72.7 Å². The van der Waals surface area contributed by atoms with Crippen molar-refractivity contribution >= 4 is 5.57 Å². The van der Waals surface area contributed by atoms with E-state index in [9.17, 15) is 0 Å². The highest BCUT2D eigenvalue weighted by Crippen LogP contribution is 2.16. The second-order valence-corrected chi connectivity index (χ2v) is 2.63. The van der Waals surface area contributed by atoms with Crippen molar-refractivity contribution in [2.75, 3.05) is 0 Å². The molecule has 1 aromatic carbocycles. The highest BCUT2D eigenvalue weighted by Gasteiger charge is 1.93. The summed E-state index contributed by atoms with van der Waals surface area (Å²) in [5.41, 5.74) is 2.25. The maximum Gasteiger partial charge on any atom is 0.115 e. The van der Waals surface area contributed by atoms with E-state index in [-0.39, 0.29) is 0 Å². The Balaban J connectivity index is 2.97. The van der Waals surface area contributed by atoms with Crippen LogP contribution in [-0.4, -0.2) is 5.11 Å². The Morgan fingerprint density at radius 3 is 2.42 bits per heavy atom. The monoisotopic (exact) mass is 160 g/mol. The van der Waals surface area contributed by atoms with Gasteiger partial charge in [0.1, 0.15) is 5.75 Å². The molecular formula is C11H12O. The summed E-state index contributed by atoms with van der Waals surface area (Å²) >= 11 is 0. The number of phenolic OH excluding ortho intramolecular Hbond substituents is 1. The largest absolute Gasteiger partial charge is 0.508 e.